The van der Waals surface area contributed by atoms with Crippen molar-refractivity contribution in [3.05, 3.63) is 114 Å². The molecule has 35 heavy (non-hydrogen) atoms. The van der Waals surface area contributed by atoms with E-state index in [0.717, 1.165) is 46.6 Å². The first-order valence-electron chi connectivity index (χ1n) is 11.6. The highest BCUT2D eigenvalue weighted by Gasteiger charge is 2.10. The minimum Gasteiger partial charge on any atom is -0.365 e. The molecule has 0 aliphatic carbocycles. The summed E-state index contributed by atoms with van der Waals surface area (Å²) in [5, 5.41) is 11.8. The second-order valence-corrected chi connectivity index (χ2v) is 8.33. The zero-order valence-electron chi connectivity index (χ0n) is 19.3. The zero-order valence-corrected chi connectivity index (χ0v) is 19.3. The van der Waals surface area contributed by atoms with Gasteiger partial charge in [0.15, 0.2) is 5.65 Å². The van der Waals surface area contributed by atoms with Crippen molar-refractivity contribution >= 4 is 28.4 Å². The van der Waals surface area contributed by atoms with Gasteiger partial charge in [0.1, 0.15) is 12.1 Å². The van der Waals surface area contributed by atoms with Gasteiger partial charge < -0.3 is 10.6 Å². The fourth-order valence-electron chi connectivity index (χ4n) is 4.01. The molecule has 0 atom stereocenters. The minimum atomic E-state index is -0.0401. The predicted octanol–water partition coefficient (Wildman–Crippen LogP) is 4.86. The number of rotatable bonds is 9. The number of aryl methyl sites for hydroxylation is 2. The molecule has 7 heteroatoms. The molecule has 2 N–H and O–H groups in total. The molecular formula is C28H26N6O. The fraction of sp³-hybridized carbons (Fsp3) is 0.143. The number of anilines is 2. The molecule has 5 rings (SSSR count). The van der Waals surface area contributed by atoms with E-state index in [9.17, 15) is 4.79 Å². The number of hydrogen-bond acceptors (Lipinski definition) is 5. The van der Waals surface area contributed by atoms with E-state index >= 15 is 0 Å². The van der Waals surface area contributed by atoms with Crippen molar-refractivity contribution in [2.24, 2.45) is 0 Å². The van der Waals surface area contributed by atoms with Gasteiger partial charge in [0, 0.05) is 18.8 Å². The van der Waals surface area contributed by atoms with E-state index in [-0.39, 0.29) is 5.91 Å². The lowest BCUT2D eigenvalue weighted by Crippen LogP contribution is -2.14. The van der Waals surface area contributed by atoms with E-state index in [4.69, 9.17) is 0 Å². The number of aromatic nitrogens is 4. The van der Waals surface area contributed by atoms with Crippen molar-refractivity contribution < 1.29 is 4.79 Å². The Morgan fingerprint density at radius 3 is 2.37 bits per heavy atom. The summed E-state index contributed by atoms with van der Waals surface area (Å²) < 4.78 is 1.91. The number of fused-ring (bicyclic) bond motifs is 1. The Hall–Kier alpha value is -4.52. The van der Waals surface area contributed by atoms with Crippen LogP contribution < -0.4 is 10.6 Å². The maximum absolute atomic E-state index is 12.4. The van der Waals surface area contributed by atoms with Crippen LogP contribution in [0.15, 0.2) is 97.5 Å². The number of carbonyl (C=O) groups is 1. The molecule has 0 aliphatic heterocycles. The Bertz CT molecular complexity index is 1420. The summed E-state index contributed by atoms with van der Waals surface area (Å²) in [6, 6.07) is 27.9. The Morgan fingerprint density at radius 2 is 1.57 bits per heavy atom. The van der Waals surface area contributed by atoms with Crippen molar-refractivity contribution in [1.82, 2.24) is 19.7 Å². The third-order valence-electron chi connectivity index (χ3n) is 5.77. The first-order chi connectivity index (χ1) is 17.2. The van der Waals surface area contributed by atoms with Crippen LogP contribution in [-0.4, -0.2) is 25.7 Å². The number of nitrogens with one attached hydrogen (secondary N) is 2. The normalized spacial score (nSPS) is 10.9. The van der Waals surface area contributed by atoms with Crippen molar-refractivity contribution in [3.8, 4) is 0 Å². The van der Waals surface area contributed by atoms with Gasteiger partial charge in [-0.2, -0.15) is 5.10 Å². The third-order valence-corrected chi connectivity index (χ3v) is 5.77. The summed E-state index contributed by atoms with van der Waals surface area (Å²) in [6.07, 6.45) is 4.60. The van der Waals surface area contributed by atoms with Gasteiger partial charge in [-0.1, -0.05) is 72.8 Å². The summed E-state index contributed by atoms with van der Waals surface area (Å²) in [6.45, 7) is 1.30. The number of benzene rings is 3. The summed E-state index contributed by atoms with van der Waals surface area (Å²) in [5.41, 5.74) is 4.86. The maximum Gasteiger partial charge on any atom is 0.228 e. The molecular weight excluding hydrogens is 436 g/mol. The van der Waals surface area contributed by atoms with Crippen LogP contribution in [0.5, 0.6) is 0 Å². The highest BCUT2D eigenvalue weighted by Crippen LogP contribution is 2.20. The summed E-state index contributed by atoms with van der Waals surface area (Å²) in [5.74, 6) is 0.696. The molecule has 5 aromatic rings. The van der Waals surface area contributed by atoms with Gasteiger partial charge in [0.05, 0.1) is 18.0 Å². The SMILES string of the molecule is O=C(Cc1ccccc1)Nc1cccc(CNc2ncnc3c2cnn3CCc2ccccc2)c1. The zero-order chi connectivity index (χ0) is 23.9. The minimum absolute atomic E-state index is 0.0401. The van der Waals surface area contributed by atoms with Crippen LogP contribution in [0.25, 0.3) is 11.0 Å². The number of hydrogen-bond donors (Lipinski definition) is 2. The maximum atomic E-state index is 12.4. The van der Waals surface area contributed by atoms with Crippen molar-refractivity contribution in [2.75, 3.05) is 10.6 Å². The standard InChI is InChI=1S/C28H26N6O/c35-26(17-22-10-5-2-6-11-22)33-24-13-7-12-23(16-24)18-29-27-25-19-32-34(28(25)31-20-30-27)15-14-21-8-3-1-4-9-21/h1-13,16,19-20H,14-15,17-18H2,(H,33,35)(H,29,30,31). The molecule has 0 saturated heterocycles. The Morgan fingerprint density at radius 1 is 0.829 bits per heavy atom. The fourth-order valence-corrected chi connectivity index (χ4v) is 4.01. The lowest BCUT2D eigenvalue weighted by Gasteiger charge is -2.10. The highest BCUT2D eigenvalue weighted by molar-refractivity contribution is 5.92. The molecule has 0 unspecified atom stereocenters. The molecule has 0 bridgehead atoms. The largest absolute Gasteiger partial charge is 0.365 e. The van der Waals surface area contributed by atoms with Gasteiger partial charge in [-0.05, 0) is 35.2 Å². The molecule has 3 aromatic carbocycles. The molecule has 2 aromatic heterocycles. The van der Waals surface area contributed by atoms with Gasteiger partial charge in [0.25, 0.3) is 0 Å². The van der Waals surface area contributed by atoms with Gasteiger partial charge in [-0.25, -0.2) is 14.6 Å². The molecule has 0 spiro atoms. The van der Waals surface area contributed by atoms with Gasteiger partial charge in [-0.3, -0.25) is 4.79 Å². The monoisotopic (exact) mass is 462 g/mol. The highest BCUT2D eigenvalue weighted by atomic mass is 16.1. The van der Waals surface area contributed by atoms with Crippen LogP contribution >= 0.6 is 0 Å². The average Bonchev–Trinajstić information content (AvgIpc) is 3.31. The van der Waals surface area contributed by atoms with Gasteiger partial charge in [-0.15, -0.1) is 0 Å². The van der Waals surface area contributed by atoms with E-state index in [1.165, 1.54) is 5.56 Å². The smallest absolute Gasteiger partial charge is 0.228 e. The Kier molecular flexibility index (Phi) is 6.75. The molecule has 0 aliphatic rings. The van der Waals surface area contributed by atoms with E-state index in [2.05, 4.69) is 37.8 Å². The van der Waals surface area contributed by atoms with Crippen LogP contribution in [0, 0.1) is 0 Å². The van der Waals surface area contributed by atoms with E-state index in [1.807, 2.05) is 83.7 Å². The molecule has 7 nitrogen and oxygen atoms in total. The molecule has 0 saturated carbocycles. The van der Waals surface area contributed by atoms with Crippen molar-refractivity contribution in [2.45, 2.75) is 25.9 Å². The lowest BCUT2D eigenvalue weighted by molar-refractivity contribution is -0.115. The average molecular weight is 463 g/mol. The first kappa shape index (κ1) is 22.3. The molecule has 0 radical (unpaired) electrons. The molecule has 2 heterocycles. The first-order valence-corrected chi connectivity index (χ1v) is 11.6. The van der Waals surface area contributed by atoms with Gasteiger partial charge >= 0.3 is 0 Å². The molecule has 1 amide bonds. The van der Waals surface area contributed by atoms with E-state index in [0.29, 0.717) is 13.0 Å². The Labute approximate surface area is 203 Å². The van der Waals surface area contributed by atoms with Gasteiger partial charge in [0.2, 0.25) is 5.91 Å². The third kappa shape index (κ3) is 5.70. The number of carbonyl (C=O) groups excluding carboxylic acids is 1. The molecule has 0 fully saturated rings. The van der Waals surface area contributed by atoms with Crippen LogP contribution in [-0.2, 0) is 30.7 Å². The topological polar surface area (TPSA) is 84.7 Å². The second kappa shape index (κ2) is 10.6. The van der Waals surface area contributed by atoms with Crippen LogP contribution in [0.2, 0.25) is 0 Å². The molecule has 174 valence electrons. The Balaban J connectivity index is 1.22. The van der Waals surface area contributed by atoms with Crippen LogP contribution in [0.1, 0.15) is 16.7 Å². The lowest BCUT2D eigenvalue weighted by atomic mass is 10.1. The van der Waals surface area contributed by atoms with Crippen molar-refractivity contribution in [3.63, 3.8) is 0 Å². The van der Waals surface area contributed by atoms with Crippen LogP contribution in [0.3, 0.4) is 0 Å². The number of nitrogens with zero attached hydrogens (tertiary/aromatic N) is 4. The second-order valence-electron chi connectivity index (χ2n) is 8.33. The summed E-state index contributed by atoms with van der Waals surface area (Å²) >= 11 is 0. The van der Waals surface area contributed by atoms with E-state index in [1.54, 1.807) is 6.33 Å². The quantitative estimate of drug-likeness (QED) is 0.327. The number of amides is 1. The van der Waals surface area contributed by atoms with Crippen molar-refractivity contribution in [1.29, 1.82) is 0 Å². The van der Waals surface area contributed by atoms with E-state index < -0.39 is 0 Å². The summed E-state index contributed by atoms with van der Waals surface area (Å²) in [4.78, 5) is 21.3. The van der Waals surface area contributed by atoms with Crippen LogP contribution in [0.4, 0.5) is 11.5 Å². The predicted molar refractivity (Wildman–Crippen MR) is 138 cm³/mol. The summed E-state index contributed by atoms with van der Waals surface area (Å²) in [7, 11) is 0.